The third-order valence-corrected chi connectivity index (χ3v) is 5.36. The van der Waals surface area contributed by atoms with E-state index in [1.54, 1.807) is 42.5 Å². The molecule has 5 heteroatoms. The van der Waals surface area contributed by atoms with Crippen molar-refractivity contribution in [2.45, 2.75) is 31.9 Å². The van der Waals surface area contributed by atoms with Gasteiger partial charge in [0.25, 0.3) is 0 Å². The molecule has 1 saturated heterocycles. The predicted octanol–water partition coefficient (Wildman–Crippen LogP) is 3.53. The molecule has 2 heterocycles. The van der Waals surface area contributed by atoms with E-state index in [0.29, 0.717) is 23.9 Å². The number of hydrogen-bond donors (Lipinski definition) is 1. The van der Waals surface area contributed by atoms with Crippen molar-refractivity contribution >= 4 is 17.1 Å². The monoisotopic (exact) mass is 345 g/mol. The van der Waals surface area contributed by atoms with Crippen LogP contribution in [0.2, 0.25) is 0 Å². The Labute approximate surface area is 146 Å². The second-order valence-electron chi connectivity index (χ2n) is 6.21. The highest BCUT2D eigenvalue weighted by Gasteiger charge is 2.28. The fourth-order valence-electron chi connectivity index (χ4n) is 3.15. The van der Waals surface area contributed by atoms with Crippen LogP contribution >= 0.6 is 11.3 Å². The molecule has 4 nitrogen and oxygen atoms in total. The van der Waals surface area contributed by atoms with Crippen LogP contribution in [-0.2, 0) is 0 Å². The van der Waals surface area contributed by atoms with Gasteiger partial charge in [-0.3, -0.25) is 9.69 Å². The van der Waals surface area contributed by atoms with E-state index in [1.807, 2.05) is 0 Å². The van der Waals surface area contributed by atoms with Gasteiger partial charge in [0.1, 0.15) is 18.5 Å². The van der Waals surface area contributed by atoms with Gasteiger partial charge in [-0.1, -0.05) is 6.07 Å². The van der Waals surface area contributed by atoms with E-state index in [1.165, 1.54) is 11.3 Å². The van der Waals surface area contributed by atoms with Gasteiger partial charge in [0.15, 0.2) is 5.78 Å². The Morgan fingerprint density at radius 2 is 2.17 bits per heavy atom. The highest BCUT2D eigenvalue weighted by atomic mass is 32.1. The SMILES string of the molecule is CC(=O)c1ccc(OCC(O)CN2CCCC2c2cccs2)cc1. The summed E-state index contributed by atoms with van der Waals surface area (Å²) >= 11 is 1.78. The summed E-state index contributed by atoms with van der Waals surface area (Å²) in [6.45, 7) is 3.44. The van der Waals surface area contributed by atoms with E-state index < -0.39 is 6.10 Å². The fraction of sp³-hybridized carbons (Fsp3) is 0.421. The minimum Gasteiger partial charge on any atom is -0.491 e. The molecule has 0 radical (unpaired) electrons. The molecular weight excluding hydrogens is 322 g/mol. The highest BCUT2D eigenvalue weighted by Crippen LogP contribution is 2.34. The van der Waals surface area contributed by atoms with Crippen molar-refractivity contribution < 1.29 is 14.6 Å². The summed E-state index contributed by atoms with van der Waals surface area (Å²) in [6.07, 6.45) is 1.79. The lowest BCUT2D eigenvalue weighted by Gasteiger charge is -2.26. The smallest absolute Gasteiger partial charge is 0.159 e. The van der Waals surface area contributed by atoms with Gasteiger partial charge in [0, 0.05) is 23.0 Å². The Morgan fingerprint density at radius 3 is 2.83 bits per heavy atom. The molecule has 0 saturated carbocycles. The molecular formula is C19H23NO3S. The molecule has 3 rings (SSSR count). The topological polar surface area (TPSA) is 49.8 Å². The van der Waals surface area contributed by atoms with E-state index in [9.17, 15) is 9.90 Å². The lowest BCUT2D eigenvalue weighted by molar-refractivity contribution is 0.0643. The molecule has 0 aliphatic carbocycles. The molecule has 1 fully saturated rings. The summed E-state index contributed by atoms with van der Waals surface area (Å²) in [6, 6.07) is 11.7. The number of likely N-dealkylation sites (tertiary alicyclic amines) is 1. The molecule has 24 heavy (non-hydrogen) atoms. The molecule has 0 spiro atoms. The molecule has 1 N–H and O–H groups in total. The number of carbonyl (C=O) groups excluding carboxylic acids is 1. The van der Waals surface area contributed by atoms with Crippen LogP contribution in [0.1, 0.15) is 41.0 Å². The van der Waals surface area contributed by atoms with E-state index in [-0.39, 0.29) is 12.4 Å². The highest BCUT2D eigenvalue weighted by molar-refractivity contribution is 7.10. The van der Waals surface area contributed by atoms with Gasteiger partial charge < -0.3 is 9.84 Å². The minimum absolute atomic E-state index is 0.0373. The van der Waals surface area contributed by atoms with Crippen LogP contribution in [0.3, 0.4) is 0 Å². The zero-order chi connectivity index (χ0) is 16.9. The number of aliphatic hydroxyl groups is 1. The van der Waals surface area contributed by atoms with Gasteiger partial charge in [0.05, 0.1) is 0 Å². The van der Waals surface area contributed by atoms with E-state index in [4.69, 9.17) is 4.74 Å². The van der Waals surface area contributed by atoms with E-state index in [2.05, 4.69) is 22.4 Å². The molecule has 1 aromatic carbocycles. The Kier molecular flexibility index (Phi) is 5.66. The minimum atomic E-state index is -0.530. The van der Waals surface area contributed by atoms with Gasteiger partial charge in [-0.05, 0) is 62.0 Å². The molecule has 2 aromatic rings. The first-order valence-corrected chi connectivity index (χ1v) is 9.21. The molecule has 128 valence electrons. The first-order chi connectivity index (χ1) is 11.6. The van der Waals surface area contributed by atoms with E-state index >= 15 is 0 Å². The number of Topliss-reactive ketones (excluding diaryl/α,β-unsaturated/α-hetero) is 1. The van der Waals surface area contributed by atoms with Crippen LogP contribution in [0.15, 0.2) is 41.8 Å². The van der Waals surface area contributed by atoms with Crippen LogP contribution in [0.4, 0.5) is 0 Å². The molecule has 0 amide bonds. The number of benzene rings is 1. The Morgan fingerprint density at radius 1 is 1.38 bits per heavy atom. The van der Waals surface area contributed by atoms with Crippen LogP contribution in [0.5, 0.6) is 5.75 Å². The third kappa shape index (κ3) is 4.23. The van der Waals surface area contributed by atoms with Crippen molar-refractivity contribution in [1.29, 1.82) is 0 Å². The lowest BCUT2D eigenvalue weighted by Crippen LogP contribution is -2.35. The second-order valence-corrected chi connectivity index (χ2v) is 7.19. The average molecular weight is 345 g/mol. The Bertz CT molecular complexity index is 654. The number of hydrogen-bond acceptors (Lipinski definition) is 5. The number of thiophene rings is 1. The Balaban J connectivity index is 1.50. The van der Waals surface area contributed by atoms with Gasteiger partial charge in [-0.25, -0.2) is 0 Å². The standard InChI is InChI=1S/C19H23NO3S/c1-14(21)15-6-8-17(9-7-15)23-13-16(22)12-20-10-2-4-18(20)19-5-3-11-24-19/h3,5-9,11,16,18,22H,2,4,10,12-13H2,1H3. The van der Waals surface area contributed by atoms with Gasteiger partial charge in [0.2, 0.25) is 0 Å². The van der Waals surface area contributed by atoms with E-state index in [0.717, 1.165) is 13.0 Å². The normalized spacial score (nSPS) is 19.3. The maximum atomic E-state index is 11.3. The van der Waals surface area contributed by atoms with Crippen LogP contribution < -0.4 is 4.74 Å². The third-order valence-electron chi connectivity index (χ3n) is 4.38. The summed E-state index contributed by atoms with van der Waals surface area (Å²) in [5.74, 6) is 0.713. The molecule has 0 bridgehead atoms. The molecule has 1 aromatic heterocycles. The largest absolute Gasteiger partial charge is 0.491 e. The van der Waals surface area contributed by atoms with Crippen LogP contribution in [0, 0.1) is 0 Å². The summed E-state index contributed by atoms with van der Waals surface area (Å²) in [7, 11) is 0. The average Bonchev–Trinajstić information content (AvgIpc) is 3.24. The van der Waals surface area contributed by atoms with Crippen LogP contribution in [-0.4, -0.2) is 41.6 Å². The summed E-state index contributed by atoms with van der Waals surface area (Å²) in [5.41, 5.74) is 0.666. The molecule has 2 unspecified atom stereocenters. The first-order valence-electron chi connectivity index (χ1n) is 8.33. The van der Waals surface area contributed by atoms with Gasteiger partial charge in [-0.15, -0.1) is 11.3 Å². The summed E-state index contributed by atoms with van der Waals surface area (Å²) in [4.78, 5) is 15.0. The number of aliphatic hydroxyl groups excluding tert-OH is 1. The number of rotatable bonds is 7. The van der Waals surface area contributed by atoms with Crippen molar-refractivity contribution in [3.05, 3.63) is 52.2 Å². The summed E-state index contributed by atoms with van der Waals surface area (Å²) in [5, 5.41) is 12.4. The zero-order valence-electron chi connectivity index (χ0n) is 13.9. The van der Waals surface area contributed by atoms with Crippen molar-refractivity contribution in [2.75, 3.05) is 19.7 Å². The molecule has 1 aliphatic heterocycles. The summed E-state index contributed by atoms with van der Waals surface area (Å²) < 4.78 is 5.65. The number of ether oxygens (including phenoxy) is 1. The first kappa shape index (κ1) is 17.1. The fourth-order valence-corrected chi connectivity index (χ4v) is 4.04. The maximum absolute atomic E-state index is 11.3. The molecule has 1 aliphatic rings. The number of carbonyl (C=O) groups is 1. The van der Waals surface area contributed by atoms with Crippen molar-refractivity contribution in [2.24, 2.45) is 0 Å². The second kappa shape index (κ2) is 7.92. The Hall–Kier alpha value is -1.69. The maximum Gasteiger partial charge on any atom is 0.159 e. The predicted molar refractivity (Wildman–Crippen MR) is 95.8 cm³/mol. The number of ketones is 1. The van der Waals surface area contributed by atoms with Crippen molar-refractivity contribution in [1.82, 2.24) is 4.90 Å². The van der Waals surface area contributed by atoms with Crippen molar-refractivity contribution in [3.63, 3.8) is 0 Å². The van der Waals surface area contributed by atoms with Crippen LogP contribution in [0.25, 0.3) is 0 Å². The van der Waals surface area contributed by atoms with Crippen molar-refractivity contribution in [3.8, 4) is 5.75 Å². The lowest BCUT2D eigenvalue weighted by atomic mass is 10.1. The quantitative estimate of drug-likeness (QED) is 0.780. The van der Waals surface area contributed by atoms with Gasteiger partial charge >= 0.3 is 0 Å². The molecule has 2 atom stereocenters. The number of β-amino-alcohol motifs (C(OH)–C–C–N with tert-alkyl or cyclic N) is 1. The zero-order valence-corrected chi connectivity index (χ0v) is 14.7. The number of nitrogens with zero attached hydrogens (tertiary/aromatic N) is 1. The van der Waals surface area contributed by atoms with Gasteiger partial charge in [-0.2, -0.15) is 0 Å².